The summed E-state index contributed by atoms with van der Waals surface area (Å²) in [6.45, 7) is 0. The molecule has 0 spiro atoms. The lowest BCUT2D eigenvalue weighted by atomic mass is 10.1. The van der Waals surface area contributed by atoms with Crippen molar-refractivity contribution in [2.24, 2.45) is 0 Å². The average Bonchev–Trinajstić information content (AvgIpc) is 2.15. The Balaban J connectivity index is 3.07. The number of hydrogen-bond acceptors (Lipinski definition) is 1. The van der Waals surface area contributed by atoms with Gasteiger partial charge in [-0.25, -0.2) is 4.79 Å². The number of alkyl halides is 1. The van der Waals surface area contributed by atoms with E-state index in [0.29, 0.717) is 4.47 Å². The van der Waals surface area contributed by atoms with Crippen LogP contribution in [0.3, 0.4) is 0 Å². The minimum Gasteiger partial charge on any atom is -0.478 e. The van der Waals surface area contributed by atoms with Crippen LogP contribution in [0.5, 0.6) is 0 Å². The highest BCUT2D eigenvalue weighted by Crippen LogP contribution is 2.17. The molecule has 0 aromatic heterocycles. The molecule has 0 bridgehead atoms. The van der Waals surface area contributed by atoms with Crippen LogP contribution >= 0.6 is 27.5 Å². The molecule has 72 valence electrons. The van der Waals surface area contributed by atoms with E-state index >= 15 is 0 Å². The average molecular weight is 274 g/mol. The number of rotatable bonds is 1. The monoisotopic (exact) mass is 272 g/mol. The van der Waals surface area contributed by atoms with Gasteiger partial charge in [0.25, 0.3) is 0 Å². The topological polar surface area (TPSA) is 37.3 Å². The number of benzene rings is 1. The van der Waals surface area contributed by atoms with Crippen molar-refractivity contribution < 1.29 is 9.90 Å². The Morgan fingerprint density at radius 2 is 2.29 bits per heavy atom. The highest BCUT2D eigenvalue weighted by Gasteiger charge is 2.04. The van der Waals surface area contributed by atoms with E-state index in [2.05, 4.69) is 27.8 Å². The maximum atomic E-state index is 10.6. The van der Waals surface area contributed by atoms with Crippen molar-refractivity contribution in [1.82, 2.24) is 0 Å². The second kappa shape index (κ2) is 5.04. The van der Waals surface area contributed by atoms with Crippen LogP contribution in [-0.4, -0.2) is 17.0 Å². The fraction of sp³-hybridized carbons (Fsp3) is 0.100. The zero-order valence-corrected chi connectivity index (χ0v) is 9.39. The molecule has 4 heteroatoms. The van der Waals surface area contributed by atoms with Gasteiger partial charge < -0.3 is 5.11 Å². The molecule has 0 saturated carbocycles. The number of carbonyl (C=O) groups is 1. The summed E-state index contributed by atoms with van der Waals surface area (Å²) in [5.74, 6) is 4.80. The molecule has 1 N–H and O–H groups in total. The normalized spacial score (nSPS) is 9.00. The SMILES string of the molecule is O=C(O)c1ccc(C#CCCl)c(Br)c1. The molecule has 0 saturated heterocycles. The zero-order chi connectivity index (χ0) is 10.6. The van der Waals surface area contributed by atoms with Gasteiger partial charge in [0.2, 0.25) is 0 Å². The predicted octanol–water partition coefficient (Wildman–Crippen LogP) is 2.74. The van der Waals surface area contributed by atoms with Crippen LogP contribution in [0.1, 0.15) is 15.9 Å². The Morgan fingerprint density at radius 1 is 1.57 bits per heavy atom. The molecule has 0 fully saturated rings. The minimum atomic E-state index is -0.956. The summed E-state index contributed by atoms with van der Waals surface area (Å²) in [5.41, 5.74) is 0.962. The summed E-state index contributed by atoms with van der Waals surface area (Å²) in [4.78, 5) is 10.6. The van der Waals surface area contributed by atoms with E-state index in [9.17, 15) is 4.79 Å². The van der Waals surface area contributed by atoms with Crippen LogP contribution in [0.25, 0.3) is 0 Å². The quantitative estimate of drug-likeness (QED) is 0.631. The van der Waals surface area contributed by atoms with Gasteiger partial charge in [-0.1, -0.05) is 11.8 Å². The van der Waals surface area contributed by atoms with Crippen molar-refractivity contribution in [3.05, 3.63) is 33.8 Å². The van der Waals surface area contributed by atoms with Crippen LogP contribution in [-0.2, 0) is 0 Å². The van der Waals surface area contributed by atoms with Gasteiger partial charge in [-0.3, -0.25) is 0 Å². The first-order valence-corrected chi connectivity index (χ1v) is 5.05. The Kier molecular flexibility index (Phi) is 3.99. The van der Waals surface area contributed by atoms with Gasteiger partial charge in [0.05, 0.1) is 11.4 Å². The van der Waals surface area contributed by atoms with Gasteiger partial charge in [-0.2, -0.15) is 0 Å². The lowest BCUT2D eigenvalue weighted by molar-refractivity contribution is 0.0697. The Labute approximate surface area is 95.0 Å². The van der Waals surface area contributed by atoms with Crippen LogP contribution < -0.4 is 0 Å². The second-order valence-corrected chi connectivity index (χ2v) is 3.56. The summed E-state index contributed by atoms with van der Waals surface area (Å²) < 4.78 is 0.662. The van der Waals surface area contributed by atoms with Crippen molar-refractivity contribution in [2.45, 2.75) is 0 Å². The first-order valence-electron chi connectivity index (χ1n) is 3.73. The Hall–Kier alpha value is -0.980. The van der Waals surface area contributed by atoms with Crippen molar-refractivity contribution in [3.63, 3.8) is 0 Å². The summed E-state index contributed by atoms with van der Waals surface area (Å²) in [7, 11) is 0. The zero-order valence-electron chi connectivity index (χ0n) is 7.05. The first-order chi connectivity index (χ1) is 6.65. The third-order valence-corrected chi connectivity index (χ3v) is 2.30. The summed E-state index contributed by atoms with van der Waals surface area (Å²) in [6, 6.07) is 4.67. The molecule has 0 heterocycles. The van der Waals surface area contributed by atoms with Crippen LogP contribution in [0, 0.1) is 11.8 Å². The van der Waals surface area contributed by atoms with E-state index in [-0.39, 0.29) is 11.4 Å². The van der Waals surface area contributed by atoms with E-state index in [4.69, 9.17) is 16.7 Å². The number of carboxylic acid groups (broad SMARTS) is 1. The van der Waals surface area contributed by atoms with Crippen molar-refractivity contribution in [1.29, 1.82) is 0 Å². The smallest absolute Gasteiger partial charge is 0.335 e. The largest absolute Gasteiger partial charge is 0.478 e. The fourth-order valence-corrected chi connectivity index (χ4v) is 1.42. The van der Waals surface area contributed by atoms with Crippen molar-refractivity contribution in [2.75, 3.05) is 5.88 Å². The molecule has 2 nitrogen and oxygen atoms in total. The van der Waals surface area contributed by atoms with Gasteiger partial charge in [-0.05, 0) is 34.1 Å². The summed E-state index contributed by atoms with van der Waals surface area (Å²) in [6.07, 6.45) is 0. The van der Waals surface area contributed by atoms with Gasteiger partial charge >= 0.3 is 5.97 Å². The molecular formula is C10H6BrClO2. The molecule has 1 aromatic carbocycles. The molecule has 1 aromatic rings. The van der Waals surface area contributed by atoms with Gasteiger partial charge in [0.15, 0.2) is 0 Å². The van der Waals surface area contributed by atoms with E-state index in [1.54, 1.807) is 6.07 Å². The number of carboxylic acids is 1. The lowest BCUT2D eigenvalue weighted by Gasteiger charge is -1.98. The maximum Gasteiger partial charge on any atom is 0.335 e. The van der Waals surface area contributed by atoms with Gasteiger partial charge in [-0.15, -0.1) is 11.6 Å². The third kappa shape index (κ3) is 2.76. The van der Waals surface area contributed by atoms with E-state index in [0.717, 1.165) is 5.56 Å². The fourth-order valence-electron chi connectivity index (χ4n) is 0.878. The highest BCUT2D eigenvalue weighted by molar-refractivity contribution is 9.10. The molecule has 0 aliphatic carbocycles. The van der Waals surface area contributed by atoms with Crippen molar-refractivity contribution >= 4 is 33.5 Å². The lowest BCUT2D eigenvalue weighted by Crippen LogP contribution is -1.96. The Morgan fingerprint density at radius 3 is 2.79 bits per heavy atom. The molecule has 1 rings (SSSR count). The van der Waals surface area contributed by atoms with E-state index in [1.165, 1.54) is 12.1 Å². The molecule has 0 amide bonds. The van der Waals surface area contributed by atoms with Crippen LogP contribution in [0.15, 0.2) is 22.7 Å². The minimum absolute atomic E-state index is 0.230. The number of halogens is 2. The maximum absolute atomic E-state index is 10.6. The first kappa shape index (κ1) is 11.1. The number of aromatic carboxylic acids is 1. The molecule has 14 heavy (non-hydrogen) atoms. The third-order valence-electron chi connectivity index (χ3n) is 1.51. The Bertz CT molecular complexity index is 418. The standard InChI is InChI=1S/C10H6BrClO2/c11-9-6-8(10(13)14)4-3-7(9)2-1-5-12/h3-4,6H,5H2,(H,13,14). The van der Waals surface area contributed by atoms with Crippen LogP contribution in [0.4, 0.5) is 0 Å². The van der Waals surface area contributed by atoms with E-state index < -0.39 is 5.97 Å². The predicted molar refractivity (Wildman–Crippen MR) is 58.7 cm³/mol. The molecule has 0 unspecified atom stereocenters. The van der Waals surface area contributed by atoms with Crippen molar-refractivity contribution in [3.8, 4) is 11.8 Å². The van der Waals surface area contributed by atoms with Crippen LogP contribution in [0.2, 0.25) is 0 Å². The summed E-state index contributed by atoms with van der Waals surface area (Å²) >= 11 is 8.64. The second-order valence-electron chi connectivity index (χ2n) is 2.44. The molecule has 0 aliphatic heterocycles. The van der Waals surface area contributed by atoms with Gasteiger partial charge in [0.1, 0.15) is 0 Å². The molecule has 0 aliphatic rings. The molecule has 0 atom stereocenters. The molecule has 0 radical (unpaired) electrons. The summed E-state index contributed by atoms with van der Waals surface area (Å²) in [5, 5.41) is 8.70. The van der Waals surface area contributed by atoms with E-state index in [1.807, 2.05) is 0 Å². The molecular weight excluding hydrogens is 267 g/mol. The van der Waals surface area contributed by atoms with Gasteiger partial charge in [0, 0.05) is 10.0 Å². The number of hydrogen-bond donors (Lipinski definition) is 1. The highest BCUT2D eigenvalue weighted by atomic mass is 79.9.